The Balaban J connectivity index is 2.16. The molecule has 2 aliphatic heterocycles. The Kier molecular flexibility index (Phi) is 2.24. The molecule has 4 heteroatoms. The van der Waals surface area contributed by atoms with Crippen LogP contribution in [0.3, 0.4) is 0 Å². The molecule has 15 heavy (non-hydrogen) atoms. The Labute approximate surface area is 89.3 Å². The highest BCUT2D eigenvalue weighted by Crippen LogP contribution is 2.42. The summed E-state index contributed by atoms with van der Waals surface area (Å²) >= 11 is 0. The van der Waals surface area contributed by atoms with Gasteiger partial charge in [0.25, 0.3) is 0 Å². The predicted molar refractivity (Wildman–Crippen MR) is 54.3 cm³/mol. The lowest BCUT2D eigenvalue weighted by Gasteiger charge is -2.38. The molecule has 0 aromatic heterocycles. The molecule has 0 spiro atoms. The van der Waals surface area contributed by atoms with Gasteiger partial charge in [0.2, 0.25) is 5.91 Å². The first-order valence-corrected chi connectivity index (χ1v) is 5.44. The van der Waals surface area contributed by atoms with Crippen LogP contribution in [0, 0.1) is 11.3 Å². The largest absolute Gasteiger partial charge is 0.481 e. The second-order valence-corrected chi connectivity index (χ2v) is 5.34. The number of hydrogen-bond acceptors (Lipinski definition) is 2. The van der Waals surface area contributed by atoms with Crippen molar-refractivity contribution < 1.29 is 14.7 Å². The van der Waals surface area contributed by atoms with Gasteiger partial charge < -0.3 is 10.0 Å². The van der Waals surface area contributed by atoms with Crippen LogP contribution in [0.5, 0.6) is 0 Å². The Hall–Kier alpha value is -1.06. The Morgan fingerprint density at radius 2 is 2.13 bits per heavy atom. The van der Waals surface area contributed by atoms with Crippen molar-refractivity contribution in [1.82, 2.24) is 4.90 Å². The number of carboxylic acid groups (broad SMARTS) is 1. The molecule has 2 aliphatic rings. The Morgan fingerprint density at radius 1 is 1.47 bits per heavy atom. The number of fused-ring (bicyclic) bond motifs is 1. The number of piperidine rings is 1. The van der Waals surface area contributed by atoms with Crippen LogP contribution in [0.1, 0.15) is 33.1 Å². The smallest absolute Gasteiger partial charge is 0.308 e. The van der Waals surface area contributed by atoms with Crippen LogP contribution in [-0.4, -0.2) is 34.5 Å². The molecule has 0 aliphatic carbocycles. The molecule has 1 N–H and O–H groups in total. The van der Waals surface area contributed by atoms with Gasteiger partial charge in [0.05, 0.1) is 5.92 Å². The molecule has 2 rings (SSSR count). The fourth-order valence-electron chi connectivity index (χ4n) is 2.87. The topological polar surface area (TPSA) is 57.6 Å². The molecule has 0 aromatic carbocycles. The molecule has 4 nitrogen and oxygen atoms in total. The molecular weight excluding hydrogens is 194 g/mol. The minimum Gasteiger partial charge on any atom is -0.481 e. The van der Waals surface area contributed by atoms with Gasteiger partial charge in [0, 0.05) is 19.0 Å². The fraction of sp³-hybridized carbons (Fsp3) is 0.818. The zero-order chi connectivity index (χ0) is 11.2. The van der Waals surface area contributed by atoms with E-state index in [0.29, 0.717) is 19.4 Å². The Morgan fingerprint density at radius 3 is 2.73 bits per heavy atom. The van der Waals surface area contributed by atoms with Crippen LogP contribution in [0.15, 0.2) is 0 Å². The third kappa shape index (κ3) is 1.62. The van der Waals surface area contributed by atoms with E-state index in [0.717, 1.165) is 6.42 Å². The number of rotatable bonds is 1. The van der Waals surface area contributed by atoms with Crippen LogP contribution in [0.2, 0.25) is 0 Å². The van der Waals surface area contributed by atoms with Crippen LogP contribution < -0.4 is 0 Å². The monoisotopic (exact) mass is 211 g/mol. The van der Waals surface area contributed by atoms with Gasteiger partial charge in [-0.1, -0.05) is 13.8 Å². The van der Waals surface area contributed by atoms with E-state index in [1.165, 1.54) is 0 Å². The number of carbonyl (C=O) groups is 2. The molecule has 2 heterocycles. The molecule has 0 aromatic rings. The first kappa shape index (κ1) is 10.5. The summed E-state index contributed by atoms with van der Waals surface area (Å²) in [5.74, 6) is -1.01. The number of carbonyl (C=O) groups excluding carboxylic acids is 1. The third-order valence-corrected chi connectivity index (χ3v) is 3.76. The van der Waals surface area contributed by atoms with Gasteiger partial charge in [-0.2, -0.15) is 0 Å². The molecular formula is C11H17NO3. The predicted octanol–water partition coefficient (Wildman–Crippen LogP) is 1.11. The number of aliphatic carboxylic acids is 1. The molecule has 2 fully saturated rings. The van der Waals surface area contributed by atoms with Crippen molar-refractivity contribution in [2.45, 2.75) is 39.2 Å². The standard InChI is InChI=1S/C11H17NO3/c1-11(2)5-9(13)12-6-7(10(14)15)3-4-8(11)12/h7-8H,3-6H2,1-2H3,(H,14,15)/t7-,8-/m1/s1. The van der Waals surface area contributed by atoms with Gasteiger partial charge >= 0.3 is 5.97 Å². The van der Waals surface area contributed by atoms with Gasteiger partial charge in [-0.3, -0.25) is 9.59 Å². The summed E-state index contributed by atoms with van der Waals surface area (Å²) < 4.78 is 0. The fourth-order valence-corrected chi connectivity index (χ4v) is 2.87. The van der Waals surface area contributed by atoms with E-state index in [2.05, 4.69) is 13.8 Å². The van der Waals surface area contributed by atoms with E-state index in [4.69, 9.17) is 5.11 Å². The lowest BCUT2D eigenvalue weighted by molar-refractivity contribution is -0.145. The van der Waals surface area contributed by atoms with Crippen LogP contribution in [-0.2, 0) is 9.59 Å². The van der Waals surface area contributed by atoms with E-state index in [1.54, 1.807) is 4.90 Å². The van der Waals surface area contributed by atoms with Crippen molar-refractivity contribution in [2.24, 2.45) is 11.3 Å². The van der Waals surface area contributed by atoms with Gasteiger partial charge in [-0.05, 0) is 18.3 Å². The second kappa shape index (κ2) is 3.22. The zero-order valence-corrected chi connectivity index (χ0v) is 9.19. The normalized spacial score (nSPS) is 34.0. The van der Waals surface area contributed by atoms with E-state index in [9.17, 15) is 9.59 Å². The summed E-state index contributed by atoms with van der Waals surface area (Å²) in [5, 5.41) is 8.94. The van der Waals surface area contributed by atoms with Gasteiger partial charge in [-0.25, -0.2) is 0 Å². The molecule has 2 atom stereocenters. The SMILES string of the molecule is CC1(C)CC(=O)N2C[C@H](C(=O)O)CC[C@@H]21. The maximum Gasteiger partial charge on any atom is 0.308 e. The number of hydrogen-bond donors (Lipinski definition) is 1. The van der Waals surface area contributed by atoms with Crippen molar-refractivity contribution in [1.29, 1.82) is 0 Å². The highest BCUT2D eigenvalue weighted by molar-refractivity contribution is 5.81. The summed E-state index contributed by atoms with van der Waals surface area (Å²) in [7, 11) is 0. The number of nitrogens with zero attached hydrogens (tertiary/aromatic N) is 1. The molecule has 84 valence electrons. The van der Waals surface area contributed by atoms with Crippen molar-refractivity contribution in [3.8, 4) is 0 Å². The minimum atomic E-state index is -0.772. The first-order valence-electron chi connectivity index (χ1n) is 5.44. The molecule has 2 saturated heterocycles. The molecule has 0 saturated carbocycles. The van der Waals surface area contributed by atoms with Crippen LogP contribution >= 0.6 is 0 Å². The maximum absolute atomic E-state index is 11.7. The van der Waals surface area contributed by atoms with E-state index < -0.39 is 5.97 Å². The number of amides is 1. The lowest BCUT2D eigenvalue weighted by atomic mass is 9.79. The van der Waals surface area contributed by atoms with E-state index >= 15 is 0 Å². The summed E-state index contributed by atoms with van der Waals surface area (Å²) in [5.41, 5.74) is 0.0144. The Bertz CT molecular complexity index is 311. The average Bonchev–Trinajstić information content (AvgIpc) is 2.37. The molecule has 0 bridgehead atoms. The molecule has 1 amide bonds. The molecule has 0 radical (unpaired) electrons. The van der Waals surface area contributed by atoms with Crippen molar-refractivity contribution in [3.05, 3.63) is 0 Å². The van der Waals surface area contributed by atoms with Crippen molar-refractivity contribution in [2.75, 3.05) is 6.54 Å². The lowest BCUT2D eigenvalue weighted by Crippen LogP contribution is -2.46. The van der Waals surface area contributed by atoms with E-state index in [1.807, 2.05) is 0 Å². The quantitative estimate of drug-likeness (QED) is 0.706. The van der Waals surface area contributed by atoms with Gasteiger partial charge in [0.15, 0.2) is 0 Å². The number of carboxylic acids is 1. The second-order valence-electron chi connectivity index (χ2n) is 5.34. The third-order valence-electron chi connectivity index (χ3n) is 3.76. The summed E-state index contributed by atoms with van der Waals surface area (Å²) in [6, 6.07) is 0.251. The van der Waals surface area contributed by atoms with Gasteiger partial charge in [-0.15, -0.1) is 0 Å². The highest BCUT2D eigenvalue weighted by Gasteiger charge is 2.48. The minimum absolute atomic E-state index is 0.0144. The average molecular weight is 211 g/mol. The maximum atomic E-state index is 11.7. The van der Waals surface area contributed by atoms with Crippen LogP contribution in [0.4, 0.5) is 0 Å². The summed E-state index contributed by atoms with van der Waals surface area (Å²) in [6.45, 7) is 4.59. The van der Waals surface area contributed by atoms with Crippen molar-refractivity contribution in [3.63, 3.8) is 0 Å². The highest BCUT2D eigenvalue weighted by atomic mass is 16.4. The van der Waals surface area contributed by atoms with Crippen LogP contribution in [0.25, 0.3) is 0 Å². The first-order chi connectivity index (χ1) is 6.92. The van der Waals surface area contributed by atoms with Crippen molar-refractivity contribution >= 4 is 11.9 Å². The summed E-state index contributed by atoms with van der Waals surface area (Å²) in [6.07, 6.45) is 2.09. The summed E-state index contributed by atoms with van der Waals surface area (Å²) in [4.78, 5) is 24.4. The van der Waals surface area contributed by atoms with E-state index in [-0.39, 0.29) is 23.3 Å². The van der Waals surface area contributed by atoms with Gasteiger partial charge in [0.1, 0.15) is 0 Å². The molecule has 0 unspecified atom stereocenters. The zero-order valence-electron chi connectivity index (χ0n) is 9.19.